The fraction of sp³-hybridized carbons (Fsp3) is 0.429. The van der Waals surface area contributed by atoms with Crippen LogP contribution in [0.2, 0.25) is 0 Å². The van der Waals surface area contributed by atoms with Crippen molar-refractivity contribution in [2.24, 2.45) is 0 Å². The van der Waals surface area contributed by atoms with Crippen LogP contribution >= 0.6 is 0 Å². The molecular formula is C21H27NO3S. The monoisotopic (exact) mass is 373 g/mol. The second-order valence-electron chi connectivity index (χ2n) is 7.25. The van der Waals surface area contributed by atoms with Gasteiger partial charge in [-0.1, -0.05) is 48.7 Å². The quantitative estimate of drug-likeness (QED) is 0.724. The summed E-state index contributed by atoms with van der Waals surface area (Å²) in [5, 5.41) is 0. The minimum atomic E-state index is -3.76. The highest BCUT2D eigenvalue weighted by atomic mass is 32.2. The fourth-order valence-electron chi connectivity index (χ4n) is 3.70. The molecule has 5 heteroatoms. The predicted octanol–water partition coefficient (Wildman–Crippen LogP) is 4.49. The molecule has 0 aromatic heterocycles. The van der Waals surface area contributed by atoms with Crippen LogP contribution in [0.15, 0.2) is 53.4 Å². The number of rotatable bonds is 5. The van der Waals surface area contributed by atoms with Gasteiger partial charge in [0, 0.05) is 25.7 Å². The third kappa shape index (κ3) is 4.10. The van der Waals surface area contributed by atoms with E-state index in [1.807, 2.05) is 33.2 Å². The molecule has 0 aliphatic heterocycles. The lowest BCUT2D eigenvalue weighted by molar-refractivity contribution is 0.137. The largest absolute Gasteiger partial charge is 0.377 e. The lowest BCUT2D eigenvalue weighted by Crippen LogP contribution is -2.30. The van der Waals surface area contributed by atoms with Crippen LogP contribution in [0.5, 0.6) is 0 Å². The number of aryl methyl sites for hydroxylation is 1. The van der Waals surface area contributed by atoms with E-state index >= 15 is 0 Å². The topological polar surface area (TPSA) is 46.6 Å². The standard InChI is InChI=1S/C21H27NO3S/c1-16-12-14-17(15-13-16)26(23,24)25-21-11-7-5-9-19(21)18-8-4-6-10-20(18)22(2)3/h4,6,8,10,12-15,19,21H,5,7,9,11H2,1-3H3. The van der Waals surface area contributed by atoms with Gasteiger partial charge in [0.25, 0.3) is 10.1 Å². The maximum absolute atomic E-state index is 12.8. The third-order valence-electron chi connectivity index (χ3n) is 5.08. The van der Waals surface area contributed by atoms with Gasteiger partial charge in [-0.3, -0.25) is 4.18 Å². The van der Waals surface area contributed by atoms with E-state index in [-0.39, 0.29) is 16.9 Å². The van der Waals surface area contributed by atoms with E-state index in [0.717, 1.165) is 36.9 Å². The molecule has 26 heavy (non-hydrogen) atoms. The van der Waals surface area contributed by atoms with Crippen LogP contribution in [0.3, 0.4) is 0 Å². The Bertz CT molecular complexity index is 844. The smallest absolute Gasteiger partial charge is 0.297 e. The number of nitrogens with zero attached hydrogens (tertiary/aromatic N) is 1. The average molecular weight is 374 g/mol. The van der Waals surface area contributed by atoms with Crippen LogP contribution in [-0.4, -0.2) is 28.6 Å². The Morgan fingerprint density at radius 2 is 1.62 bits per heavy atom. The van der Waals surface area contributed by atoms with Crippen LogP contribution in [0.25, 0.3) is 0 Å². The summed E-state index contributed by atoms with van der Waals surface area (Å²) in [6.07, 6.45) is 3.47. The minimum Gasteiger partial charge on any atom is -0.377 e. The molecule has 0 heterocycles. The van der Waals surface area contributed by atoms with Gasteiger partial charge >= 0.3 is 0 Å². The average Bonchev–Trinajstić information content (AvgIpc) is 2.62. The van der Waals surface area contributed by atoms with Crippen LogP contribution in [0, 0.1) is 6.92 Å². The van der Waals surface area contributed by atoms with E-state index in [0.29, 0.717) is 0 Å². The first-order valence-corrected chi connectivity index (χ1v) is 10.6. The van der Waals surface area contributed by atoms with Crippen LogP contribution in [-0.2, 0) is 14.3 Å². The maximum Gasteiger partial charge on any atom is 0.297 e. The van der Waals surface area contributed by atoms with Crippen molar-refractivity contribution < 1.29 is 12.6 Å². The summed E-state index contributed by atoms with van der Waals surface area (Å²) < 4.78 is 31.3. The van der Waals surface area contributed by atoms with Crippen LogP contribution in [0.4, 0.5) is 5.69 Å². The molecule has 4 nitrogen and oxygen atoms in total. The molecule has 0 bridgehead atoms. The Kier molecular flexibility index (Phi) is 5.68. The second-order valence-corrected chi connectivity index (χ2v) is 8.82. The van der Waals surface area contributed by atoms with Crippen molar-refractivity contribution in [3.8, 4) is 0 Å². The van der Waals surface area contributed by atoms with Gasteiger partial charge in [-0.25, -0.2) is 0 Å². The van der Waals surface area contributed by atoms with Gasteiger partial charge in [-0.2, -0.15) is 8.42 Å². The molecule has 2 unspecified atom stereocenters. The van der Waals surface area contributed by atoms with E-state index in [9.17, 15) is 8.42 Å². The van der Waals surface area contributed by atoms with Crippen LogP contribution < -0.4 is 4.90 Å². The molecule has 2 aromatic rings. The van der Waals surface area contributed by atoms with Crippen molar-refractivity contribution in [2.75, 3.05) is 19.0 Å². The molecule has 1 aliphatic rings. The first-order chi connectivity index (χ1) is 12.4. The number of hydrogen-bond acceptors (Lipinski definition) is 4. The molecular weight excluding hydrogens is 346 g/mol. The number of hydrogen-bond donors (Lipinski definition) is 0. The summed E-state index contributed by atoms with van der Waals surface area (Å²) in [6, 6.07) is 15.1. The second kappa shape index (κ2) is 7.80. The molecule has 0 spiro atoms. The van der Waals surface area contributed by atoms with Crippen molar-refractivity contribution in [3.05, 3.63) is 59.7 Å². The maximum atomic E-state index is 12.8. The van der Waals surface area contributed by atoms with Gasteiger partial charge in [-0.05, 0) is 43.5 Å². The van der Waals surface area contributed by atoms with Gasteiger partial charge in [0.05, 0.1) is 11.0 Å². The fourth-order valence-corrected chi connectivity index (χ4v) is 4.84. The molecule has 0 saturated heterocycles. The zero-order valence-electron chi connectivity index (χ0n) is 15.7. The molecule has 1 aliphatic carbocycles. The molecule has 0 N–H and O–H groups in total. The first kappa shape index (κ1) is 18.9. The highest BCUT2D eigenvalue weighted by molar-refractivity contribution is 7.86. The number of benzene rings is 2. The van der Waals surface area contributed by atoms with Gasteiger partial charge < -0.3 is 4.90 Å². The Balaban J connectivity index is 1.89. The highest BCUT2D eigenvalue weighted by Crippen LogP contribution is 2.40. The zero-order valence-corrected chi connectivity index (χ0v) is 16.5. The highest BCUT2D eigenvalue weighted by Gasteiger charge is 2.33. The zero-order chi connectivity index (χ0) is 18.7. The Morgan fingerprint density at radius 1 is 0.962 bits per heavy atom. The van der Waals surface area contributed by atoms with Crippen molar-refractivity contribution in [3.63, 3.8) is 0 Å². The molecule has 1 fully saturated rings. The lowest BCUT2D eigenvalue weighted by Gasteiger charge is -2.33. The third-order valence-corrected chi connectivity index (χ3v) is 6.43. The van der Waals surface area contributed by atoms with Gasteiger partial charge in [0.15, 0.2) is 0 Å². The normalized spacial score (nSPS) is 20.7. The predicted molar refractivity (Wildman–Crippen MR) is 105 cm³/mol. The summed E-state index contributed by atoms with van der Waals surface area (Å²) >= 11 is 0. The molecule has 2 atom stereocenters. The molecule has 0 radical (unpaired) electrons. The molecule has 2 aromatic carbocycles. The van der Waals surface area contributed by atoms with Gasteiger partial charge in [0.2, 0.25) is 0 Å². The van der Waals surface area contributed by atoms with E-state index < -0.39 is 10.1 Å². The summed E-state index contributed by atoms with van der Waals surface area (Å²) in [7, 11) is 0.265. The number of para-hydroxylation sites is 1. The first-order valence-electron chi connectivity index (χ1n) is 9.15. The van der Waals surface area contributed by atoms with Crippen molar-refractivity contribution in [2.45, 2.75) is 49.5 Å². The van der Waals surface area contributed by atoms with Crippen LogP contribution in [0.1, 0.15) is 42.7 Å². The van der Waals surface area contributed by atoms with E-state index in [1.165, 1.54) is 5.56 Å². The van der Waals surface area contributed by atoms with E-state index in [2.05, 4.69) is 17.0 Å². The van der Waals surface area contributed by atoms with Crippen molar-refractivity contribution >= 4 is 15.8 Å². The Hall–Kier alpha value is -1.85. The number of anilines is 1. The Labute approximate surface area is 156 Å². The summed E-state index contributed by atoms with van der Waals surface area (Å²) in [5.41, 5.74) is 3.32. The van der Waals surface area contributed by atoms with E-state index in [1.54, 1.807) is 24.3 Å². The molecule has 0 amide bonds. The minimum absolute atomic E-state index is 0.0857. The Morgan fingerprint density at radius 3 is 2.31 bits per heavy atom. The van der Waals surface area contributed by atoms with E-state index in [4.69, 9.17) is 4.18 Å². The molecule has 1 saturated carbocycles. The van der Waals surface area contributed by atoms with Gasteiger partial charge in [-0.15, -0.1) is 0 Å². The van der Waals surface area contributed by atoms with Gasteiger partial charge in [0.1, 0.15) is 0 Å². The van der Waals surface area contributed by atoms with Crippen molar-refractivity contribution in [1.82, 2.24) is 0 Å². The summed E-state index contributed by atoms with van der Waals surface area (Å²) in [4.78, 5) is 2.31. The molecule has 3 rings (SSSR count). The SMILES string of the molecule is Cc1ccc(S(=O)(=O)OC2CCCCC2c2ccccc2N(C)C)cc1. The molecule has 140 valence electrons. The van der Waals surface area contributed by atoms with Crippen molar-refractivity contribution in [1.29, 1.82) is 0 Å². The lowest BCUT2D eigenvalue weighted by atomic mass is 9.81. The summed E-state index contributed by atoms with van der Waals surface area (Å²) in [5.74, 6) is 0.0857. The summed E-state index contributed by atoms with van der Waals surface area (Å²) in [6.45, 7) is 1.94.